The Morgan fingerprint density at radius 3 is 2.65 bits per heavy atom. The maximum Gasteiger partial charge on any atom is 0.310 e. The molecular formula is C15H24O2. The lowest BCUT2D eigenvalue weighted by Gasteiger charge is -2.07. The maximum absolute atomic E-state index is 10.9. The fourth-order valence-electron chi connectivity index (χ4n) is 1.36. The third-order valence-corrected chi connectivity index (χ3v) is 2.45. The minimum Gasteiger partial charge on any atom is -0.435 e. The fourth-order valence-corrected chi connectivity index (χ4v) is 1.36. The first-order chi connectivity index (χ1) is 8.10. The highest BCUT2D eigenvalue weighted by Gasteiger charge is 2.00. The molecule has 0 bridgehead atoms. The molecule has 0 aliphatic carbocycles. The second kappa shape index (κ2) is 9.88. The van der Waals surface area contributed by atoms with E-state index in [0.717, 1.165) is 19.3 Å². The Kier molecular flexibility index (Phi) is 9.12. The Balaban J connectivity index is 3.85. The van der Waals surface area contributed by atoms with E-state index in [1.165, 1.54) is 11.8 Å². The van der Waals surface area contributed by atoms with Crippen LogP contribution in [0.4, 0.5) is 0 Å². The Hall–Kier alpha value is -1.31. The van der Waals surface area contributed by atoms with E-state index in [9.17, 15) is 4.79 Å². The fraction of sp³-hybridized carbons (Fsp3) is 0.533. The highest BCUT2D eigenvalue weighted by molar-refractivity contribution is 5.69. The zero-order valence-electron chi connectivity index (χ0n) is 11.2. The third-order valence-electron chi connectivity index (χ3n) is 2.45. The predicted molar refractivity (Wildman–Crippen MR) is 72.5 cm³/mol. The van der Waals surface area contributed by atoms with Gasteiger partial charge < -0.3 is 4.74 Å². The molecule has 1 atom stereocenters. The summed E-state index contributed by atoms with van der Waals surface area (Å²) in [5.74, 6) is 0.253. The van der Waals surface area contributed by atoms with Crippen LogP contribution in [0.3, 0.4) is 0 Å². The molecule has 2 heteroatoms. The number of ether oxygens (including phenoxy) is 1. The molecule has 0 saturated heterocycles. The van der Waals surface area contributed by atoms with Gasteiger partial charge in [-0.2, -0.15) is 0 Å². The molecule has 0 aliphatic heterocycles. The van der Waals surface area contributed by atoms with Crippen molar-refractivity contribution in [2.75, 3.05) is 0 Å². The lowest BCUT2D eigenvalue weighted by molar-refractivity contribution is -0.137. The number of rotatable bonds is 8. The summed E-state index contributed by atoms with van der Waals surface area (Å²) in [6.07, 6.45) is 11.0. The molecule has 96 valence electrons. The Bertz CT molecular complexity index is 283. The summed E-state index contributed by atoms with van der Waals surface area (Å²) in [6.45, 7) is 9.81. The van der Waals surface area contributed by atoms with E-state index >= 15 is 0 Å². The van der Waals surface area contributed by atoms with Gasteiger partial charge in [-0.15, -0.1) is 6.58 Å². The van der Waals surface area contributed by atoms with Gasteiger partial charge in [-0.25, -0.2) is 0 Å². The van der Waals surface area contributed by atoms with Gasteiger partial charge in [0, 0.05) is 6.42 Å². The molecule has 2 nitrogen and oxygen atoms in total. The zero-order chi connectivity index (χ0) is 13.1. The van der Waals surface area contributed by atoms with Crippen molar-refractivity contribution in [2.45, 2.75) is 46.5 Å². The first-order valence-electron chi connectivity index (χ1n) is 6.20. The normalized spacial score (nSPS) is 12.2. The van der Waals surface area contributed by atoms with Crippen LogP contribution >= 0.6 is 0 Å². The van der Waals surface area contributed by atoms with Gasteiger partial charge in [-0.1, -0.05) is 24.6 Å². The van der Waals surface area contributed by atoms with E-state index < -0.39 is 0 Å². The van der Waals surface area contributed by atoms with Crippen LogP contribution in [0.15, 0.2) is 36.6 Å². The van der Waals surface area contributed by atoms with Crippen molar-refractivity contribution >= 4 is 5.97 Å². The van der Waals surface area contributed by atoms with Crippen molar-refractivity contribution in [2.24, 2.45) is 5.92 Å². The van der Waals surface area contributed by atoms with Gasteiger partial charge in [0.2, 0.25) is 0 Å². The molecule has 0 N–H and O–H groups in total. The first-order valence-corrected chi connectivity index (χ1v) is 6.20. The second-order valence-electron chi connectivity index (χ2n) is 4.31. The number of hydrogen-bond donors (Lipinski definition) is 0. The smallest absolute Gasteiger partial charge is 0.310 e. The van der Waals surface area contributed by atoms with Gasteiger partial charge in [0.1, 0.15) is 0 Å². The average molecular weight is 236 g/mol. The summed E-state index contributed by atoms with van der Waals surface area (Å²) in [5, 5.41) is 0. The zero-order valence-corrected chi connectivity index (χ0v) is 11.2. The first kappa shape index (κ1) is 15.7. The van der Waals surface area contributed by atoms with E-state index in [1.807, 2.05) is 12.2 Å². The molecule has 0 radical (unpaired) electrons. The van der Waals surface area contributed by atoms with Crippen molar-refractivity contribution in [3.05, 3.63) is 36.6 Å². The summed E-state index contributed by atoms with van der Waals surface area (Å²) in [7, 11) is 0. The van der Waals surface area contributed by atoms with Crippen LogP contribution in [0.5, 0.6) is 0 Å². The van der Waals surface area contributed by atoms with Crippen LogP contribution < -0.4 is 0 Å². The molecule has 1 unspecified atom stereocenters. The predicted octanol–water partition coefficient (Wildman–Crippen LogP) is 4.39. The van der Waals surface area contributed by atoms with Crippen LogP contribution in [0, 0.1) is 5.92 Å². The van der Waals surface area contributed by atoms with Crippen molar-refractivity contribution in [3.8, 4) is 0 Å². The van der Waals surface area contributed by atoms with Crippen LogP contribution in [0.1, 0.15) is 46.5 Å². The summed E-state index contributed by atoms with van der Waals surface area (Å²) in [6, 6.07) is 0. The lowest BCUT2D eigenvalue weighted by Crippen LogP contribution is -1.97. The van der Waals surface area contributed by atoms with Gasteiger partial charge >= 0.3 is 5.97 Å². The van der Waals surface area contributed by atoms with E-state index in [1.54, 1.807) is 6.92 Å². The molecule has 0 aromatic heterocycles. The molecule has 0 heterocycles. The number of hydrogen-bond acceptors (Lipinski definition) is 2. The van der Waals surface area contributed by atoms with Crippen LogP contribution in [-0.2, 0) is 9.53 Å². The molecule has 0 spiro atoms. The molecular weight excluding hydrogens is 212 g/mol. The van der Waals surface area contributed by atoms with Gasteiger partial charge in [0.05, 0.1) is 6.26 Å². The summed E-state index contributed by atoms with van der Waals surface area (Å²) < 4.78 is 4.86. The van der Waals surface area contributed by atoms with Crippen molar-refractivity contribution in [1.82, 2.24) is 0 Å². The largest absolute Gasteiger partial charge is 0.435 e. The number of carbonyl (C=O) groups excluding carboxylic acids is 1. The van der Waals surface area contributed by atoms with Gasteiger partial charge in [0.15, 0.2) is 0 Å². The summed E-state index contributed by atoms with van der Waals surface area (Å²) in [5.41, 5.74) is 1.35. The van der Waals surface area contributed by atoms with E-state index in [2.05, 4.69) is 26.5 Å². The quantitative estimate of drug-likeness (QED) is 0.355. The summed E-state index contributed by atoms with van der Waals surface area (Å²) in [4.78, 5) is 10.9. The van der Waals surface area contributed by atoms with Crippen molar-refractivity contribution in [1.29, 1.82) is 0 Å². The second-order valence-corrected chi connectivity index (χ2v) is 4.31. The minimum atomic E-state index is -0.194. The van der Waals surface area contributed by atoms with Gasteiger partial charge in [-0.05, 0) is 45.1 Å². The van der Waals surface area contributed by atoms with Gasteiger partial charge in [-0.3, -0.25) is 4.79 Å². The van der Waals surface area contributed by atoms with E-state index in [0.29, 0.717) is 12.3 Å². The molecule has 0 fully saturated rings. The molecule has 17 heavy (non-hydrogen) atoms. The van der Waals surface area contributed by atoms with Crippen LogP contribution in [0.2, 0.25) is 0 Å². The number of esters is 1. The molecule has 0 aliphatic rings. The van der Waals surface area contributed by atoms with Crippen LogP contribution in [-0.4, -0.2) is 5.97 Å². The molecule has 0 aromatic rings. The Labute approximate surface area is 105 Å². The SMILES string of the molecule is C=CC(C/C=C/OC(=O)CC)CCC=C(C)C. The Morgan fingerprint density at radius 1 is 1.41 bits per heavy atom. The monoisotopic (exact) mass is 236 g/mol. The maximum atomic E-state index is 10.9. The lowest BCUT2D eigenvalue weighted by atomic mass is 9.99. The third kappa shape index (κ3) is 9.61. The van der Waals surface area contributed by atoms with Gasteiger partial charge in [0.25, 0.3) is 0 Å². The van der Waals surface area contributed by atoms with Crippen LogP contribution in [0.25, 0.3) is 0 Å². The molecule has 0 saturated carbocycles. The Morgan fingerprint density at radius 2 is 2.12 bits per heavy atom. The minimum absolute atomic E-state index is 0.194. The van der Waals surface area contributed by atoms with Crippen molar-refractivity contribution in [3.63, 3.8) is 0 Å². The topological polar surface area (TPSA) is 26.3 Å². The number of allylic oxidation sites excluding steroid dienone is 4. The number of carbonyl (C=O) groups is 1. The molecule has 0 rings (SSSR count). The van der Waals surface area contributed by atoms with E-state index in [4.69, 9.17) is 4.74 Å². The molecule has 0 amide bonds. The highest BCUT2D eigenvalue weighted by Crippen LogP contribution is 2.14. The van der Waals surface area contributed by atoms with E-state index in [-0.39, 0.29) is 5.97 Å². The highest BCUT2D eigenvalue weighted by atomic mass is 16.5. The standard InChI is InChI=1S/C15H24O2/c1-5-14(10-7-9-13(3)4)11-8-12-17-15(16)6-2/h5,8-9,12,14H,1,6-7,10-11H2,2-4H3/b12-8+. The molecule has 0 aromatic carbocycles. The average Bonchev–Trinajstić information content (AvgIpc) is 2.31. The van der Waals surface area contributed by atoms with Crippen molar-refractivity contribution < 1.29 is 9.53 Å². The summed E-state index contributed by atoms with van der Waals surface area (Å²) >= 11 is 0.